The Balaban J connectivity index is 1.71. The van der Waals surface area contributed by atoms with E-state index >= 15 is 4.39 Å². The van der Waals surface area contributed by atoms with Gasteiger partial charge in [-0.3, -0.25) is 14.4 Å². The lowest BCUT2D eigenvalue weighted by atomic mass is 10.0. The standard InChI is InChI=1S/C29H26ClFN6O4S/c1-5-20(39)35-9-10-36-18(12-35)28(40)34(4)24-23(36)15-11-16(30)22(21-17(31)7-6-8-19(21)38)33-26(15)37(29(24)41)27-25(14(2)3)42-13-32-27/h5-8,11,13-14,18,38H,1,9-10,12H2,2-4H3/t18-/m1/s1. The van der Waals surface area contributed by atoms with Crippen molar-refractivity contribution in [2.24, 2.45) is 0 Å². The average molecular weight is 609 g/mol. The minimum Gasteiger partial charge on any atom is -0.507 e. The van der Waals surface area contributed by atoms with Crippen molar-refractivity contribution in [1.82, 2.24) is 19.4 Å². The summed E-state index contributed by atoms with van der Waals surface area (Å²) in [6.45, 7) is 8.16. The lowest BCUT2D eigenvalue weighted by molar-refractivity contribution is -0.128. The molecule has 0 aliphatic carbocycles. The second kappa shape index (κ2) is 10.2. The summed E-state index contributed by atoms with van der Waals surface area (Å²) < 4.78 is 16.4. The Bertz CT molecular complexity index is 1850. The van der Waals surface area contributed by atoms with E-state index in [4.69, 9.17) is 16.6 Å². The molecular weight excluding hydrogens is 583 g/mol. The molecule has 1 saturated heterocycles. The first kappa shape index (κ1) is 27.9. The van der Waals surface area contributed by atoms with Crippen LogP contribution >= 0.6 is 22.9 Å². The Labute approximate surface area is 248 Å². The molecule has 0 spiro atoms. The van der Waals surface area contributed by atoms with E-state index < -0.39 is 17.4 Å². The zero-order valence-corrected chi connectivity index (χ0v) is 24.5. The van der Waals surface area contributed by atoms with Gasteiger partial charge in [-0.1, -0.05) is 38.1 Å². The van der Waals surface area contributed by atoms with Crippen LogP contribution in [-0.4, -0.2) is 69.1 Å². The van der Waals surface area contributed by atoms with Crippen molar-refractivity contribution in [3.63, 3.8) is 0 Å². The van der Waals surface area contributed by atoms with Crippen molar-refractivity contribution in [3.8, 4) is 22.8 Å². The number of amides is 2. The van der Waals surface area contributed by atoms with Crippen molar-refractivity contribution in [3.05, 3.63) is 68.5 Å². The molecule has 13 heteroatoms. The number of carbonyl (C=O) groups is 2. The topological polar surface area (TPSA) is 112 Å². The third-order valence-corrected chi connectivity index (χ3v) is 9.10. The minimum absolute atomic E-state index is 0.00656. The Kier molecular flexibility index (Phi) is 6.77. The molecule has 2 amide bonds. The fraction of sp³-hybridized carbons (Fsp3) is 0.276. The highest BCUT2D eigenvalue weighted by Crippen LogP contribution is 2.44. The third-order valence-electron chi connectivity index (χ3n) is 7.70. The first-order chi connectivity index (χ1) is 20.0. The van der Waals surface area contributed by atoms with Gasteiger partial charge in [0, 0.05) is 25.5 Å². The molecule has 0 bridgehead atoms. The lowest BCUT2D eigenvalue weighted by Crippen LogP contribution is -2.63. The number of piperazine rings is 1. The summed E-state index contributed by atoms with van der Waals surface area (Å²) in [6.07, 6.45) is 1.21. The Morgan fingerprint density at radius 1 is 1.26 bits per heavy atom. The minimum atomic E-state index is -0.766. The van der Waals surface area contributed by atoms with Crippen LogP contribution in [0.1, 0.15) is 24.6 Å². The number of halogens is 2. The number of pyridine rings is 2. The predicted molar refractivity (Wildman–Crippen MR) is 160 cm³/mol. The molecule has 10 nitrogen and oxygen atoms in total. The van der Waals surface area contributed by atoms with Crippen LogP contribution in [0.5, 0.6) is 5.75 Å². The van der Waals surface area contributed by atoms with Gasteiger partial charge in [0.25, 0.3) is 11.5 Å². The number of benzene rings is 1. The van der Waals surface area contributed by atoms with Gasteiger partial charge >= 0.3 is 0 Å². The van der Waals surface area contributed by atoms with Crippen LogP contribution in [0.2, 0.25) is 5.02 Å². The lowest BCUT2D eigenvalue weighted by Gasteiger charge is -2.47. The van der Waals surface area contributed by atoms with Gasteiger partial charge < -0.3 is 19.8 Å². The summed E-state index contributed by atoms with van der Waals surface area (Å²) >= 11 is 8.12. The molecule has 2 aliphatic heterocycles. The van der Waals surface area contributed by atoms with Crippen LogP contribution in [0.15, 0.2) is 47.2 Å². The van der Waals surface area contributed by atoms with Crippen molar-refractivity contribution < 1.29 is 19.1 Å². The van der Waals surface area contributed by atoms with Crippen LogP contribution in [-0.2, 0) is 9.59 Å². The molecule has 0 saturated carbocycles. The SMILES string of the molecule is C=CC(=O)N1CCN2c3c(c(=O)n(-c4ncsc4C(C)C)c4nc(-c5c(O)cccc5F)c(Cl)cc34)N(C)C(=O)[C@H]2C1. The Hall–Kier alpha value is -4.29. The summed E-state index contributed by atoms with van der Waals surface area (Å²) in [4.78, 5) is 55.2. The molecule has 1 aromatic carbocycles. The summed E-state index contributed by atoms with van der Waals surface area (Å²) in [6, 6.07) is 4.68. The smallest absolute Gasteiger partial charge is 0.284 e. The zero-order valence-electron chi connectivity index (χ0n) is 23.0. The molecule has 1 fully saturated rings. The summed E-state index contributed by atoms with van der Waals surface area (Å²) in [5.74, 6) is -1.38. The van der Waals surface area contributed by atoms with Gasteiger partial charge in [-0.15, -0.1) is 11.3 Å². The summed E-state index contributed by atoms with van der Waals surface area (Å²) in [5, 5.41) is 11.0. The number of hydrogen-bond acceptors (Lipinski definition) is 8. The van der Waals surface area contributed by atoms with E-state index in [-0.39, 0.29) is 64.2 Å². The van der Waals surface area contributed by atoms with Crippen molar-refractivity contribution >= 4 is 57.2 Å². The maximum atomic E-state index is 15.0. The van der Waals surface area contributed by atoms with Crippen LogP contribution in [0.3, 0.4) is 0 Å². The number of hydrogen-bond donors (Lipinski definition) is 1. The van der Waals surface area contributed by atoms with Gasteiger partial charge in [-0.2, -0.15) is 0 Å². The first-order valence-electron chi connectivity index (χ1n) is 13.2. The first-order valence-corrected chi connectivity index (χ1v) is 14.5. The van der Waals surface area contributed by atoms with E-state index in [1.54, 1.807) is 21.4 Å². The van der Waals surface area contributed by atoms with Crippen LogP contribution in [0, 0.1) is 5.82 Å². The zero-order chi connectivity index (χ0) is 30.0. The highest BCUT2D eigenvalue weighted by molar-refractivity contribution is 7.10. The van der Waals surface area contributed by atoms with Gasteiger partial charge in [0.2, 0.25) is 5.91 Å². The van der Waals surface area contributed by atoms with Crippen molar-refractivity contribution in [1.29, 1.82) is 0 Å². The molecule has 3 aromatic heterocycles. The molecule has 0 radical (unpaired) electrons. The fourth-order valence-electron chi connectivity index (χ4n) is 5.70. The molecule has 0 unspecified atom stereocenters. The van der Waals surface area contributed by atoms with Gasteiger partial charge in [0.1, 0.15) is 23.3 Å². The van der Waals surface area contributed by atoms with E-state index in [0.717, 1.165) is 4.88 Å². The van der Waals surface area contributed by atoms with Crippen molar-refractivity contribution in [2.75, 3.05) is 36.5 Å². The van der Waals surface area contributed by atoms with Gasteiger partial charge in [0.15, 0.2) is 11.5 Å². The second-order valence-corrected chi connectivity index (χ2v) is 11.7. The van der Waals surface area contributed by atoms with Crippen LogP contribution in [0.25, 0.3) is 28.1 Å². The predicted octanol–water partition coefficient (Wildman–Crippen LogP) is 4.31. The van der Waals surface area contributed by atoms with E-state index in [9.17, 15) is 19.5 Å². The normalized spacial score (nSPS) is 16.7. The third kappa shape index (κ3) is 4.08. The van der Waals surface area contributed by atoms with Crippen LogP contribution in [0.4, 0.5) is 15.8 Å². The molecule has 1 N–H and O–H groups in total. The number of fused-ring (bicyclic) bond motifs is 5. The molecule has 5 heterocycles. The van der Waals surface area contributed by atoms with Crippen molar-refractivity contribution in [2.45, 2.75) is 25.8 Å². The van der Waals surface area contributed by atoms with E-state index in [2.05, 4.69) is 11.6 Å². The number of carbonyl (C=O) groups excluding carboxylic acids is 2. The molecule has 2 aliphatic rings. The number of phenolic OH excluding ortho intramolecular Hbond substituents is 1. The maximum Gasteiger partial charge on any atom is 0.284 e. The average Bonchev–Trinajstić information content (AvgIpc) is 3.45. The maximum absolute atomic E-state index is 15.0. The Morgan fingerprint density at radius 2 is 2.02 bits per heavy atom. The summed E-state index contributed by atoms with van der Waals surface area (Å²) in [5.41, 5.74) is 1.53. The van der Waals surface area contributed by atoms with E-state index in [1.165, 1.54) is 52.1 Å². The number of aromatic hydroxyl groups is 1. The number of anilines is 2. The summed E-state index contributed by atoms with van der Waals surface area (Å²) in [7, 11) is 1.52. The highest BCUT2D eigenvalue weighted by Gasteiger charge is 2.44. The van der Waals surface area contributed by atoms with Gasteiger partial charge in [0.05, 0.1) is 38.9 Å². The number of thiazole rings is 1. The van der Waals surface area contributed by atoms with E-state index in [1.807, 2.05) is 13.8 Å². The second-order valence-electron chi connectivity index (χ2n) is 10.5. The highest BCUT2D eigenvalue weighted by atomic mass is 35.5. The molecule has 1 atom stereocenters. The number of nitrogens with zero attached hydrogens (tertiary/aromatic N) is 6. The molecule has 6 rings (SSSR count). The largest absolute Gasteiger partial charge is 0.507 e. The Morgan fingerprint density at radius 3 is 2.71 bits per heavy atom. The fourth-order valence-corrected chi connectivity index (χ4v) is 6.74. The monoisotopic (exact) mass is 608 g/mol. The quantitative estimate of drug-likeness (QED) is 0.344. The number of rotatable bonds is 4. The molecular formula is C29H26ClFN6O4S. The van der Waals surface area contributed by atoms with Gasteiger partial charge in [-0.25, -0.2) is 18.9 Å². The van der Waals surface area contributed by atoms with E-state index in [0.29, 0.717) is 23.4 Å². The molecule has 216 valence electrons. The number of phenols is 1. The molecule has 42 heavy (non-hydrogen) atoms. The van der Waals surface area contributed by atoms with Crippen LogP contribution < -0.4 is 15.4 Å². The van der Waals surface area contributed by atoms with Gasteiger partial charge in [-0.05, 0) is 30.2 Å². The number of aromatic nitrogens is 3. The molecule has 4 aromatic rings. The number of likely N-dealkylation sites (N-methyl/N-ethyl adjacent to an activating group) is 1.